The molecule has 2 heteroatoms. The number of rotatable bonds is 10. The van der Waals surface area contributed by atoms with Crippen LogP contribution in [-0.4, -0.2) is 6.61 Å². The number of hydrogen-bond donors (Lipinski definition) is 1. The molecule has 0 aliphatic heterocycles. The van der Waals surface area contributed by atoms with Crippen LogP contribution in [0.2, 0.25) is 0 Å². The van der Waals surface area contributed by atoms with Gasteiger partial charge < -0.3 is 10.1 Å². The Morgan fingerprint density at radius 2 is 1.63 bits per heavy atom. The van der Waals surface area contributed by atoms with E-state index in [0.29, 0.717) is 0 Å². The fraction of sp³-hybridized carbons (Fsp3) is 0.520. The Hall–Kier alpha value is -1.80. The highest BCUT2D eigenvalue weighted by Gasteiger charge is 2.14. The zero-order valence-corrected chi connectivity index (χ0v) is 17.8. The molecule has 0 spiro atoms. The van der Waals surface area contributed by atoms with Gasteiger partial charge in [-0.25, -0.2) is 0 Å². The van der Waals surface area contributed by atoms with Crippen LogP contribution in [0.25, 0.3) is 0 Å². The van der Waals surface area contributed by atoms with Crippen LogP contribution in [0.4, 0.5) is 0 Å². The Balaban J connectivity index is 1.91. The van der Waals surface area contributed by atoms with Crippen molar-refractivity contribution in [1.29, 1.82) is 0 Å². The molecule has 0 amide bonds. The molecule has 2 aromatic carbocycles. The molecule has 1 atom stereocenters. The van der Waals surface area contributed by atoms with Gasteiger partial charge in [0.25, 0.3) is 0 Å². The van der Waals surface area contributed by atoms with Crippen LogP contribution >= 0.6 is 0 Å². The van der Waals surface area contributed by atoms with Crippen LogP contribution in [0.5, 0.6) is 5.75 Å². The molecule has 2 rings (SSSR count). The van der Waals surface area contributed by atoms with Crippen molar-refractivity contribution in [2.24, 2.45) is 0 Å². The summed E-state index contributed by atoms with van der Waals surface area (Å²) < 4.78 is 6.07. The topological polar surface area (TPSA) is 21.3 Å². The average molecular weight is 368 g/mol. The van der Waals surface area contributed by atoms with Gasteiger partial charge in [0.05, 0.1) is 6.61 Å². The van der Waals surface area contributed by atoms with Gasteiger partial charge in [-0.3, -0.25) is 0 Å². The SMILES string of the molecule is CCCCCCOc1ccccc1C(C)NCc1ccc(C(C)(C)C)cc1. The quantitative estimate of drug-likeness (QED) is 0.467. The second kappa shape index (κ2) is 10.5. The number of ether oxygens (including phenoxy) is 1. The van der Waals surface area contributed by atoms with Crippen molar-refractivity contribution in [3.05, 3.63) is 65.2 Å². The van der Waals surface area contributed by atoms with Gasteiger partial charge in [-0.05, 0) is 36.0 Å². The first-order valence-corrected chi connectivity index (χ1v) is 10.5. The average Bonchev–Trinajstić information content (AvgIpc) is 2.66. The summed E-state index contributed by atoms with van der Waals surface area (Å²) in [6.45, 7) is 12.9. The monoisotopic (exact) mass is 367 g/mol. The third-order valence-corrected chi connectivity index (χ3v) is 5.07. The molecule has 0 saturated heterocycles. The maximum atomic E-state index is 6.07. The predicted molar refractivity (Wildman–Crippen MR) is 116 cm³/mol. The lowest BCUT2D eigenvalue weighted by molar-refractivity contribution is 0.299. The molecule has 0 heterocycles. The Labute approximate surface area is 166 Å². The van der Waals surface area contributed by atoms with Crippen molar-refractivity contribution in [1.82, 2.24) is 5.32 Å². The second-order valence-corrected chi connectivity index (χ2v) is 8.50. The standard InChI is InChI=1S/C25H37NO/c1-6-7-8-11-18-27-24-13-10-9-12-23(24)20(2)26-19-21-14-16-22(17-15-21)25(3,4)5/h9-10,12-17,20,26H,6-8,11,18-19H2,1-5H3. The third-order valence-electron chi connectivity index (χ3n) is 5.07. The molecule has 0 fully saturated rings. The van der Waals surface area contributed by atoms with Crippen molar-refractivity contribution in [2.45, 2.75) is 78.3 Å². The van der Waals surface area contributed by atoms with Crippen LogP contribution in [0.3, 0.4) is 0 Å². The Morgan fingerprint density at radius 1 is 0.926 bits per heavy atom. The number of para-hydroxylation sites is 1. The summed E-state index contributed by atoms with van der Waals surface area (Å²) in [5, 5.41) is 3.64. The molecule has 27 heavy (non-hydrogen) atoms. The zero-order chi connectivity index (χ0) is 19.7. The van der Waals surface area contributed by atoms with Crippen LogP contribution in [0, 0.1) is 0 Å². The van der Waals surface area contributed by atoms with Crippen molar-refractivity contribution in [3.8, 4) is 5.75 Å². The van der Waals surface area contributed by atoms with E-state index in [9.17, 15) is 0 Å². The molecule has 0 aromatic heterocycles. The van der Waals surface area contributed by atoms with Gasteiger partial charge >= 0.3 is 0 Å². The highest BCUT2D eigenvalue weighted by Crippen LogP contribution is 2.26. The molecule has 1 unspecified atom stereocenters. The van der Waals surface area contributed by atoms with Crippen molar-refractivity contribution in [3.63, 3.8) is 0 Å². The zero-order valence-electron chi connectivity index (χ0n) is 17.8. The van der Waals surface area contributed by atoms with Gasteiger partial charge in [0, 0.05) is 18.2 Å². The van der Waals surface area contributed by atoms with Crippen molar-refractivity contribution < 1.29 is 4.74 Å². The summed E-state index contributed by atoms with van der Waals surface area (Å²) in [5.74, 6) is 1.01. The Morgan fingerprint density at radius 3 is 2.30 bits per heavy atom. The number of hydrogen-bond acceptors (Lipinski definition) is 2. The van der Waals surface area contributed by atoms with Gasteiger partial charge in [-0.15, -0.1) is 0 Å². The molecule has 0 aliphatic carbocycles. The van der Waals surface area contributed by atoms with Crippen LogP contribution in [0.15, 0.2) is 48.5 Å². The van der Waals surface area contributed by atoms with Crippen LogP contribution in [-0.2, 0) is 12.0 Å². The first kappa shape index (κ1) is 21.5. The summed E-state index contributed by atoms with van der Waals surface area (Å²) in [6, 6.07) is 17.6. The number of nitrogens with one attached hydrogen (secondary N) is 1. The Bertz CT molecular complexity index is 669. The third kappa shape index (κ3) is 7.03. The molecule has 0 radical (unpaired) electrons. The Kier molecular flexibility index (Phi) is 8.37. The highest BCUT2D eigenvalue weighted by atomic mass is 16.5. The fourth-order valence-corrected chi connectivity index (χ4v) is 3.18. The van der Waals surface area contributed by atoms with E-state index in [1.54, 1.807) is 0 Å². The van der Waals surface area contributed by atoms with Crippen molar-refractivity contribution >= 4 is 0 Å². The molecule has 0 saturated carbocycles. The highest BCUT2D eigenvalue weighted by molar-refractivity contribution is 5.36. The summed E-state index contributed by atoms with van der Waals surface area (Å²) in [5.41, 5.74) is 4.13. The minimum Gasteiger partial charge on any atom is -0.493 e. The predicted octanol–water partition coefficient (Wildman–Crippen LogP) is 6.79. The van der Waals surface area contributed by atoms with Gasteiger partial charge in [-0.1, -0.05) is 89.4 Å². The van der Waals surface area contributed by atoms with E-state index >= 15 is 0 Å². The lowest BCUT2D eigenvalue weighted by Gasteiger charge is -2.20. The molecule has 1 N–H and O–H groups in total. The van der Waals surface area contributed by atoms with Gasteiger partial charge in [0.1, 0.15) is 5.75 Å². The fourth-order valence-electron chi connectivity index (χ4n) is 3.18. The largest absolute Gasteiger partial charge is 0.493 e. The van der Waals surface area contributed by atoms with E-state index in [2.05, 4.69) is 88.5 Å². The molecular weight excluding hydrogens is 330 g/mol. The van der Waals surface area contributed by atoms with E-state index in [1.807, 2.05) is 0 Å². The molecular formula is C25H37NO. The first-order valence-electron chi connectivity index (χ1n) is 10.5. The minimum absolute atomic E-state index is 0.201. The van der Waals surface area contributed by atoms with Crippen molar-refractivity contribution in [2.75, 3.05) is 6.61 Å². The molecule has 2 aromatic rings. The lowest BCUT2D eigenvalue weighted by Crippen LogP contribution is -2.19. The molecule has 0 aliphatic rings. The summed E-state index contributed by atoms with van der Waals surface area (Å²) >= 11 is 0. The van der Waals surface area contributed by atoms with Gasteiger partial charge in [0.15, 0.2) is 0 Å². The molecule has 148 valence electrons. The molecule has 0 bridgehead atoms. The summed E-state index contributed by atoms with van der Waals surface area (Å²) in [7, 11) is 0. The lowest BCUT2D eigenvalue weighted by atomic mass is 9.87. The first-order chi connectivity index (χ1) is 12.9. The van der Waals surface area contributed by atoms with E-state index in [1.165, 1.54) is 36.0 Å². The molecule has 2 nitrogen and oxygen atoms in total. The summed E-state index contributed by atoms with van der Waals surface area (Å²) in [4.78, 5) is 0. The van der Waals surface area contributed by atoms with Crippen LogP contribution < -0.4 is 10.1 Å². The maximum absolute atomic E-state index is 6.07. The number of benzene rings is 2. The van der Waals surface area contributed by atoms with Gasteiger partial charge in [0.2, 0.25) is 0 Å². The van der Waals surface area contributed by atoms with Gasteiger partial charge in [-0.2, -0.15) is 0 Å². The van der Waals surface area contributed by atoms with E-state index in [0.717, 1.165) is 25.3 Å². The van der Waals surface area contributed by atoms with Crippen LogP contribution in [0.1, 0.15) is 83.0 Å². The van der Waals surface area contributed by atoms with E-state index < -0.39 is 0 Å². The maximum Gasteiger partial charge on any atom is 0.124 e. The summed E-state index contributed by atoms with van der Waals surface area (Å²) in [6.07, 6.45) is 4.92. The number of unbranched alkanes of at least 4 members (excludes halogenated alkanes) is 3. The smallest absolute Gasteiger partial charge is 0.124 e. The minimum atomic E-state index is 0.201. The van der Waals surface area contributed by atoms with E-state index in [4.69, 9.17) is 4.74 Å². The normalized spacial score (nSPS) is 12.8. The second-order valence-electron chi connectivity index (χ2n) is 8.50. The van der Waals surface area contributed by atoms with E-state index in [-0.39, 0.29) is 11.5 Å².